The van der Waals surface area contributed by atoms with E-state index in [-0.39, 0.29) is 11.8 Å². The van der Waals surface area contributed by atoms with Crippen molar-refractivity contribution >= 4 is 28.3 Å². The molecule has 2 amide bonds. The van der Waals surface area contributed by atoms with Gasteiger partial charge in [0.05, 0.1) is 18.9 Å². The molecule has 1 aliphatic carbocycles. The molecule has 4 rings (SSSR count). The Morgan fingerprint density at radius 3 is 2.74 bits per heavy atom. The van der Waals surface area contributed by atoms with Crippen molar-refractivity contribution in [2.24, 2.45) is 0 Å². The van der Waals surface area contributed by atoms with Crippen LogP contribution in [-0.4, -0.2) is 43.0 Å². The molecule has 0 bridgehead atoms. The quantitative estimate of drug-likeness (QED) is 0.919. The summed E-state index contributed by atoms with van der Waals surface area (Å²) >= 11 is 0. The average molecular weight is 309 g/mol. The molecule has 2 aromatic carbocycles. The van der Waals surface area contributed by atoms with Crippen molar-refractivity contribution in [2.45, 2.75) is 18.9 Å². The number of hydrogen-bond acceptors (Lipinski definition) is 3. The molecule has 0 radical (unpaired) electrons. The first-order valence-corrected chi connectivity index (χ1v) is 7.95. The van der Waals surface area contributed by atoms with E-state index in [0.717, 1.165) is 34.9 Å². The molecule has 118 valence electrons. The van der Waals surface area contributed by atoms with Gasteiger partial charge in [-0.2, -0.15) is 0 Å². The van der Waals surface area contributed by atoms with Crippen LogP contribution >= 0.6 is 0 Å². The van der Waals surface area contributed by atoms with E-state index in [1.165, 1.54) is 0 Å². The summed E-state index contributed by atoms with van der Waals surface area (Å²) < 4.78 is 0. The van der Waals surface area contributed by atoms with E-state index in [1.54, 1.807) is 4.90 Å². The molecular formula is C18H19N3O2. The van der Waals surface area contributed by atoms with Gasteiger partial charge in [-0.3, -0.25) is 19.4 Å². The summed E-state index contributed by atoms with van der Waals surface area (Å²) in [4.78, 5) is 28.2. The summed E-state index contributed by atoms with van der Waals surface area (Å²) in [7, 11) is 1.86. The van der Waals surface area contributed by atoms with Crippen LogP contribution in [0.15, 0.2) is 36.4 Å². The fourth-order valence-corrected chi connectivity index (χ4v) is 3.16. The SMILES string of the molecule is CN(CC(=O)NC1CC1)CN1C(=O)c2cccc3cccc1c23. The van der Waals surface area contributed by atoms with Crippen LogP contribution in [0, 0.1) is 0 Å². The number of rotatable bonds is 5. The topological polar surface area (TPSA) is 52.7 Å². The minimum atomic E-state index is 0.00579. The van der Waals surface area contributed by atoms with E-state index in [2.05, 4.69) is 5.32 Å². The van der Waals surface area contributed by atoms with E-state index >= 15 is 0 Å². The number of hydrogen-bond donors (Lipinski definition) is 1. The van der Waals surface area contributed by atoms with Gasteiger partial charge in [-0.25, -0.2) is 0 Å². The monoisotopic (exact) mass is 309 g/mol. The Hall–Kier alpha value is -2.40. The van der Waals surface area contributed by atoms with E-state index in [1.807, 2.05) is 48.3 Å². The van der Waals surface area contributed by atoms with Gasteiger partial charge in [-0.05, 0) is 37.4 Å². The van der Waals surface area contributed by atoms with Crippen molar-refractivity contribution in [3.8, 4) is 0 Å². The third-order valence-electron chi connectivity index (χ3n) is 4.39. The van der Waals surface area contributed by atoms with Gasteiger partial charge in [0.25, 0.3) is 5.91 Å². The second kappa shape index (κ2) is 5.35. The lowest BCUT2D eigenvalue weighted by Gasteiger charge is -2.24. The maximum absolute atomic E-state index is 12.7. The Bertz CT molecular complexity index is 793. The molecule has 5 nitrogen and oxygen atoms in total. The van der Waals surface area contributed by atoms with Crippen LogP contribution in [0.3, 0.4) is 0 Å². The summed E-state index contributed by atoms with van der Waals surface area (Å²) in [6.45, 7) is 0.706. The molecule has 1 aliphatic heterocycles. The minimum absolute atomic E-state index is 0.00579. The number of nitrogens with zero attached hydrogens (tertiary/aromatic N) is 2. The highest BCUT2D eigenvalue weighted by molar-refractivity contribution is 6.24. The maximum atomic E-state index is 12.7. The number of benzene rings is 2. The lowest BCUT2D eigenvalue weighted by atomic mass is 10.1. The van der Waals surface area contributed by atoms with Crippen molar-refractivity contribution in [3.05, 3.63) is 42.0 Å². The summed E-state index contributed by atoms with van der Waals surface area (Å²) in [5.41, 5.74) is 1.67. The van der Waals surface area contributed by atoms with Crippen LogP contribution < -0.4 is 10.2 Å². The third kappa shape index (κ3) is 2.57. The van der Waals surface area contributed by atoms with Gasteiger partial charge < -0.3 is 5.32 Å². The number of carbonyl (C=O) groups is 2. The summed E-state index contributed by atoms with van der Waals surface area (Å²) in [5.74, 6) is 0.0311. The Morgan fingerprint density at radius 1 is 1.26 bits per heavy atom. The molecule has 0 spiro atoms. The predicted octanol–water partition coefficient (Wildman–Crippen LogP) is 1.97. The first kappa shape index (κ1) is 14.2. The molecule has 2 aromatic rings. The fraction of sp³-hybridized carbons (Fsp3) is 0.333. The lowest BCUT2D eigenvalue weighted by Crippen LogP contribution is -2.43. The normalized spacial score (nSPS) is 16.4. The van der Waals surface area contributed by atoms with E-state index in [4.69, 9.17) is 0 Å². The number of anilines is 1. The van der Waals surface area contributed by atoms with E-state index < -0.39 is 0 Å². The van der Waals surface area contributed by atoms with Gasteiger partial charge in [-0.1, -0.05) is 24.3 Å². The standard InChI is InChI=1S/C18H19N3O2/c1-20(10-16(22)19-13-8-9-13)11-21-15-7-3-5-12-4-2-6-14(17(12)15)18(21)23/h2-7,13H,8-11H2,1H3,(H,19,22). The second-order valence-corrected chi connectivity index (χ2v) is 6.41. The molecule has 1 heterocycles. The van der Waals surface area contributed by atoms with E-state index in [9.17, 15) is 9.59 Å². The van der Waals surface area contributed by atoms with Gasteiger partial charge in [-0.15, -0.1) is 0 Å². The smallest absolute Gasteiger partial charge is 0.260 e. The van der Waals surface area contributed by atoms with Crippen molar-refractivity contribution in [1.82, 2.24) is 10.2 Å². The summed E-state index contributed by atoms with van der Waals surface area (Å²) in [6, 6.07) is 12.1. The first-order chi connectivity index (χ1) is 11.1. The highest BCUT2D eigenvalue weighted by Crippen LogP contribution is 2.36. The highest BCUT2D eigenvalue weighted by atomic mass is 16.2. The first-order valence-electron chi connectivity index (χ1n) is 7.95. The molecule has 0 atom stereocenters. The molecule has 23 heavy (non-hydrogen) atoms. The molecule has 0 saturated heterocycles. The molecular weight excluding hydrogens is 290 g/mol. The van der Waals surface area contributed by atoms with Gasteiger partial charge in [0.15, 0.2) is 0 Å². The van der Waals surface area contributed by atoms with Crippen LogP contribution in [0.2, 0.25) is 0 Å². The Balaban J connectivity index is 1.53. The molecule has 0 aromatic heterocycles. The van der Waals surface area contributed by atoms with Crippen LogP contribution in [0.1, 0.15) is 23.2 Å². The fourth-order valence-electron chi connectivity index (χ4n) is 3.16. The number of amides is 2. The Morgan fingerprint density at radius 2 is 2.00 bits per heavy atom. The van der Waals surface area contributed by atoms with Crippen molar-refractivity contribution in [1.29, 1.82) is 0 Å². The third-order valence-corrected chi connectivity index (χ3v) is 4.39. The average Bonchev–Trinajstić information content (AvgIpc) is 3.30. The zero-order valence-corrected chi connectivity index (χ0v) is 13.1. The molecule has 1 fully saturated rings. The number of nitrogens with one attached hydrogen (secondary N) is 1. The molecule has 2 aliphatic rings. The lowest BCUT2D eigenvalue weighted by molar-refractivity contribution is -0.122. The van der Waals surface area contributed by atoms with Crippen molar-refractivity contribution < 1.29 is 9.59 Å². The molecule has 1 saturated carbocycles. The second-order valence-electron chi connectivity index (χ2n) is 6.41. The maximum Gasteiger partial charge on any atom is 0.260 e. The van der Waals surface area contributed by atoms with E-state index in [0.29, 0.717) is 19.3 Å². The predicted molar refractivity (Wildman–Crippen MR) is 89.4 cm³/mol. The summed E-state index contributed by atoms with van der Waals surface area (Å²) in [5, 5.41) is 5.06. The highest BCUT2D eigenvalue weighted by Gasteiger charge is 2.30. The van der Waals surface area contributed by atoms with Crippen molar-refractivity contribution in [3.63, 3.8) is 0 Å². The zero-order valence-electron chi connectivity index (χ0n) is 13.1. The van der Waals surface area contributed by atoms with Crippen molar-refractivity contribution in [2.75, 3.05) is 25.2 Å². The van der Waals surface area contributed by atoms with Crippen LogP contribution in [0.25, 0.3) is 10.8 Å². The van der Waals surface area contributed by atoms with Gasteiger partial charge in [0, 0.05) is 17.0 Å². The number of likely N-dealkylation sites (N-methyl/N-ethyl adjacent to an activating group) is 1. The van der Waals surface area contributed by atoms with Gasteiger partial charge in [0.1, 0.15) is 0 Å². The van der Waals surface area contributed by atoms with Gasteiger partial charge in [0.2, 0.25) is 5.91 Å². The van der Waals surface area contributed by atoms with Crippen LogP contribution in [0.5, 0.6) is 0 Å². The number of carbonyl (C=O) groups excluding carboxylic acids is 2. The van der Waals surface area contributed by atoms with Crippen LogP contribution in [-0.2, 0) is 4.79 Å². The largest absolute Gasteiger partial charge is 0.352 e. The van der Waals surface area contributed by atoms with Crippen LogP contribution in [0.4, 0.5) is 5.69 Å². The zero-order chi connectivity index (χ0) is 16.0. The Labute approximate surface area is 134 Å². The minimum Gasteiger partial charge on any atom is -0.352 e. The summed E-state index contributed by atoms with van der Waals surface area (Å²) in [6.07, 6.45) is 2.16. The molecule has 0 unspecified atom stereocenters. The van der Waals surface area contributed by atoms with Gasteiger partial charge >= 0.3 is 0 Å². The Kier molecular flexibility index (Phi) is 3.31. The molecule has 1 N–H and O–H groups in total. The molecule has 5 heteroatoms.